The Bertz CT molecular complexity index is 587. The monoisotopic (exact) mass is 333 g/mol. The van der Waals surface area contributed by atoms with E-state index in [1.165, 1.54) is 6.42 Å². The van der Waals surface area contributed by atoms with Crippen molar-refractivity contribution in [3.05, 3.63) is 23.8 Å². The fourth-order valence-electron chi connectivity index (χ4n) is 3.65. The quantitative estimate of drug-likeness (QED) is 0.901. The molecule has 1 aromatic rings. The lowest BCUT2D eigenvalue weighted by Crippen LogP contribution is -2.38. The number of fused-ring (bicyclic) bond motifs is 1. The molecule has 1 aliphatic heterocycles. The second-order valence-electron chi connectivity index (χ2n) is 7.31. The molecule has 0 radical (unpaired) electrons. The molecule has 1 aliphatic carbocycles. The van der Waals surface area contributed by atoms with Gasteiger partial charge in [0.15, 0.2) is 11.5 Å². The van der Waals surface area contributed by atoms with Crippen molar-refractivity contribution in [3.63, 3.8) is 0 Å². The van der Waals surface area contributed by atoms with Crippen molar-refractivity contribution >= 4 is 6.09 Å². The Labute approximate surface area is 143 Å². The first kappa shape index (κ1) is 16.9. The van der Waals surface area contributed by atoms with Gasteiger partial charge in [0.2, 0.25) is 6.79 Å². The molecule has 2 aliphatic rings. The van der Waals surface area contributed by atoms with Gasteiger partial charge in [-0.05, 0) is 48.3 Å². The van der Waals surface area contributed by atoms with Crippen LogP contribution in [0.3, 0.4) is 0 Å². The number of carbonyl (C=O) groups excluding carboxylic acids is 1. The second-order valence-corrected chi connectivity index (χ2v) is 7.31. The third-order valence-electron chi connectivity index (χ3n) is 5.09. The van der Waals surface area contributed by atoms with Crippen molar-refractivity contribution in [2.24, 2.45) is 17.8 Å². The molecule has 24 heavy (non-hydrogen) atoms. The molecule has 132 valence electrons. The SMILES string of the molecule is CC1CC[C@@H](C(C)C)[C@H](OC(=O)NCc2ccc3c(c2)OCO3)C1. The lowest BCUT2D eigenvalue weighted by molar-refractivity contribution is 0.00601. The Kier molecular flexibility index (Phi) is 5.17. The van der Waals surface area contributed by atoms with Gasteiger partial charge in [-0.3, -0.25) is 0 Å². The molecule has 1 aromatic carbocycles. The lowest BCUT2D eigenvalue weighted by atomic mass is 9.75. The predicted molar refractivity (Wildman–Crippen MR) is 91.0 cm³/mol. The standard InChI is InChI=1S/C19H27NO4/c1-12(2)15-6-4-13(3)8-17(15)24-19(21)20-10-14-5-7-16-18(9-14)23-11-22-16/h5,7,9,12-13,15,17H,4,6,8,10-11H2,1-3H3,(H,20,21)/t13?,15-,17+/m0/s1. The Hall–Kier alpha value is -1.91. The molecular formula is C19H27NO4. The summed E-state index contributed by atoms with van der Waals surface area (Å²) in [6.45, 7) is 7.33. The van der Waals surface area contributed by atoms with Crippen LogP contribution in [0.1, 0.15) is 45.6 Å². The highest BCUT2D eigenvalue weighted by Crippen LogP contribution is 2.35. The van der Waals surface area contributed by atoms with Crippen molar-refractivity contribution < 1.29 is 19.0 Å². The highest BCUT2D eigenvalue weighted by atomic mass is 16.7. The first-order valence-electron chi connectivity index (χ1n) is 8.86. The Morgan fingerprint density at radius 1 is 1.29 bits per heavy atom. The van der Waals surface area contributed by atoms with E-state index in [0.717, 1.165) is 29.9 Å². The maximum Gasteiger partial charge on any atom is 0.407 e. The molecule has 0 spiro atoms. The molecule has 3 atom stereocenters. The zero-order valence-corrected chi connectivity index (χ0v) is 14.7. The molecule has 1 fully saturated rings. The van der Waals surface area contributed by atoms with Gasteiger partial charge in [-0.1, -0.05) is 33.3 Å². The van der Waals surface area contributed by atoms with Crippen LogP contribution in [0.25, 0.3) is 0 Å². The first-order chi connectivity index (χ1) is 11.5. The normalized spacial score (nSPS) is 25.6. The van der Waals surface area contributed by atoms with Crippen LogP contribution in [0.15, 0.2) is 18.2 Å². The number of hydrogen-bond acceptors (Lipinski definition) is 4. The van der Waals surface area contributed by atoms with Crippen molar-refractivity contribution in [1.82, 2.24) is 5.32 Å². The third-order valence-corrected chi connectivity index (χ3v) is 5.09. The van der Waals surface area contributed by atoms with Crippen LogP contribution in [0.4, 0.5) is 4.79 Å². The van der Waals surface area contributed by atoms with Gasteiger partial charge in [0.1, 0.15) is 6.10 Å². The summed E-state index contributed by atoms with van der Waals surface area (Å²) >= 11 is 0. The summed E-state index contributed by atoms with van der Waals surface area (Å²) < 4.78 is 16.4. The van der Waals surface area contributed by atoms with E-state index < -0.39 is 0 Å². The number of alkyl carbamates (subject to hydrolysis) is 1. The molecule has 5 nitrogen and oxygen atoms in total. The molecule has 0 bridgehead atoms. The molecule has 0 aromatic heterocycles. The van der Waals surface area contributed by atoms with Gasteiger partial charge in [0.05, 0.1) is 0 Å². The highest BCUT2D eigenvalue weighted by molar-refractivity contribution is 5.67. The largest absolute Gasteiger partial charge is 0.454 e. The zero-order chi connectivity index (χ0) is 17.1. The molecule has 1 N–H and O–H groups in total. The lowest BCUT2D eigenvalue weighted by Gasteiger charge is -2.36. The Balaban J connectivity index is 1.53. The molecule has 1 unspecified atom stereocenters. The maximum atomic E-state index is 12.2. The van der Waals surface area contributed by atoms with Crippen LogP contribution in [-0.4, -0.2) is 19.0 Å². The van der Waals surface area contributed by atoms with Gasteiger partial charge in [-0.25, -0.2) is 4.79 Å². The van der Waals surface area contributed by atoms with E-state index >= 15 is 0 Å². The minimum Gasteiger partial charge on any atom is -0.454 e. The molecular weight excluding hydrogens is 306 g/mol. The highest BCUT2D eigenvalue weighted by Gasteiger charge is 2.33. The van der Waals surface area contributed by atoms with Gasteiger partial charge in [-0.15, -0.1) is 0 Å². The maximum absolute atomic E-state index is 12.2. The summed E-state index contributed by atoms with van der Waals surface area (Å²) in [5, 5.41) is 2.85. The molecule has 3 rings (SSSR count). The van der Waals surface area contributed by atoms with E-state index in [1.807, 2.05) is 18.2 Å². The number of ether oxygens (including phenoxy) is 3. The number of benzene rings is 1. The van der Waals surface area contributed by atoms with Gasteiger partial charge in [0.25, 0.3) is 0 Å². The number of hydrogen-bond donors (Lipinski definition) is 1. The summed E-state index contributed by atoms with van der Waals surface area (Å²) in [5.74, 6) is 3.08. The van der Waals surface area contributed by atoms with Crippen LogP contribution >= 0.6 is 0 Å². The van der Waals surface area contributed by atoms with Gasteiger partial charge in [-0.2, -0.15) is 0 Å². The second kappa shape index (κ2) is 7.32. The average molecular weight is 333 g/mol. The van der Waals surface area contributed by atoms with Gasteiger partial charge >= 0.3 is 6.09 Å². The summed E-state index contributed by atoms with van der Waals surface area (Å²) in [6.07, 6.45) is 3.00. The van der Waals surface area contributed by atoms with E-state index in [1.54, 1.807) is 0 Å². The minimum absolute atomic E-state index is 0.0190. The summed E-state index contributed by atoms with van der Waals surface area (Å²) in [4.78, 5) is 12.2. The zero-order valence-electron chi connectivity index (χ0n) is 14.7. The van der Waals surface area contributed by atoms with Crippen molar-refractivity contribution in [1.29, 1.82) is 0 Å². The van der Waals surface area contributed by atoms with Crippen molar-refractivity contribution in [3.8, 4) is 11.5 Å². The summed E-state index contributed by atoms with van der Waals surface area (Å²) in [7, 11) is 0. The van der Waals surface area contributed by atoms with E-state index in [-0.39, 0.29) is 19.0 Å². The molecule has 1 amide bonds. The summed E-state index contributed by atoms with van der Waals surface area (Å²) in [5.41, 5.74) is 0.966. The van der Waals surface area contributed by atoms with E-state index in [9.17, 15) is 4.79 Å². The average Bonchev–Trinajstić information content (AvgIpc) is 3.00. The van der Waals surface area contributed by atoms with Crippen LogP contribution in [-0.2, 0) is 11.3 Å². The van der Waals surface area contributed by atoms with Crippen molar-refractivity contribution in [2.45, 2.75) is 52.7 Å². The van der Waals surface area contributed by atoms with Gasteiger partial charge < -0.3 is 19.5 Å². The third kappa shape index (κ3) is 3.94. The topological polar surface area (TPSA) is 56.8 Å². The minimum atomic E-state index is -0.336. The molecule has 5 heteroatoms. The van der Waals surface area contributed by atoms with Crippen LogP contribution in [0.2, 0.25) is 0 Å². The summed E-state index contributed by atoms with van der Waals surface area (Å²) in [6, 6.07) is 5.68. The van der Waals surface area contributed by atoms with Crippen LogP contribution in [0.5, 0.6) is 11.5 Å². The van der Waals surface area contributed by atoms with E-state index in [2.05, 4.69) is 26.1 Å². The Morgan fingerprint density at radius 2 is 2.08 bits per heavy atom. The number of carbonyl (C=O) groups is 1. The number of nitrogens with one attached hydrogen (secondary N) is 1. The van der Waals surface area contributed by atoms with E-state index in [4.69, 9.17) is 14.2 Å². The first-order valence-corrected chi connectivity index (χ1v) is 8.86. The molecule has 1 saturated carbocycles. The molecule has 1 heterocycles. The van der Waals surface area contributed by atoms with Crippen LogP contribution < -0.4 is 14.8 Å². The fraction of sp³-hybridized carbons (Fsp3) is 0.632. The number of amides is 1. The van der Waals surface area contributed by atoms with Gasteiger partial charge in [0, 0.05) is 6.54 Å². The molecule has 0 saturated heterocycles. The van der Waals surface area contributed by atoms with Crippen LogP contribution in [0, 0.1) is 17.8 Å². The number of rotatable bonds is 4. The van der Waals surface area contributed by atoms with E-state index in [0.29, 0.717) is 24.3 Å². The predicted octanol–water partition coefficient (Wildman–Crippen LogP) is 4.10. The fourth-order valence-corrected chi connectivity index (χ4v) is 3.65. The smallest absolute Gasteiger partial charge is 0.407 e. The Morgan fingerprint density at radius 3 is 2.88 bits per heavy atom. The van der Waals surface area contributed by atoms with Crippen molar-refractivity contribution in [2.75, 3.05) is 6.79 Å².